The molecule has 2 aromatic rings. The van der Waals surface area contributed by atoms with E-state index in [1.807, 2.05) is 0 Å². The standard InChI is InChI=1S/C18H17ClN2O4S/c1-2-25-18(24)21-16(23)14-11-7-5-9-13(11)26-17(14)20-15(22)10-6-3-4-8-12(10)19/h3-4,6,8H,2,5,7,9H2,1H3,(H,20,22)(H,21,23,24). The molecule has 0 bridgehead atoms. The van der Waals surface area contributed by atoms with Crippen LogP contribution >= 0.6 is 22.9 Å². The van der Waals surface area contributed by atoms with Crippen LogP contribution in [0.4, 0.5) is 9.80 Å². The Kier molecular flexibility index (Phi) is 5.58. The number of carbonyl (C=O) groups is 3. The maximum Gasteiger partial charge on any atom is 0.414 e. The zero-order valence-electron chi connectivity index (χ0n) is 14.1. The first-order valence-electron chi connectivity index (χ1n) is 8.19. The van der Waals surface area contributed by atoms with Crippen LogP contribution in [0.3, 0.4) is 0 Å². The fourth-order valence-electron chi connectivity index (χ4n) is 2.87. The summed E-state index contributed by atoms with van der Waals surface area (Å²) < 4.78 is 4.76. The Hall–Kier alpha value is -2.38. The fraction of sp³-hybridized carbons (Fsp3) is 0.278. The zero-order chi connectivity index (χ0) is 18.7. The van der Waals surface area contributed by atoms with Crippen molar-refractivity contribution in [2.24, 2.45) is 0 Å². The molecule has 1 aromatic carbocycles. The summed E-state index contributed by atoms with van der Waals surface area (Å²) in [5.41, 5.74) is 1.53. The minimum absolute atomic E-state index is 0.164. The number of ether oxygens (including phenoxy) is 1. The molecule has 3 rings (SSSR count). The molecule has 0 unspecified atom stereocenters. The number of rotatable bonds is 4. The predicted molar refractivity (Wildman–Crippen MR) is 100 cm³/mol. The summed E-state index contributed by atoms with van der Waals surface area (Å²) in [6, 6.07) is 6.68. The fourth-order valence-corrected chi connectivity index (χ4v) is 4.37. The Morgan fingerprint density at radius 3 is 2.69 bits per heavy atom. The van der Waals surface area contributed by atoms with Crippen LogP contribution in [0, 0.1) is 0 Å². The number of fused-ring (bicyclic) bond motifs is 1. The molecule has 1 aromatic heterocycles. The highest BCUT2D eigenvalue weighted by Crippen LogP contribution is 2.39. The molecule has 1 heterocycles. The second-order valence-corrected chi connectivity index (χ2v) is 7.18. The number of hydrogen-bond donors (Lipinski definition) is 2. The van der Waals surface area contributed by atoms with Crippen molar-refractivity contribution in [1.82, 2.24) is 5.32 Å². The minimum atomic E-state index is -0.807. The molecule has 0 atom stereocenters. The molecule has 0 saturated carbocycles. The van der Waals surface area contributed by atoms with Crippen LogP contribution in [0.25, 0.3) is 0 Å². The van der Waals surface area contributed by atoms with Crippen molar-refractivity contribution in [1.29, 1.82) is 0 Å². The molecule has 0 saturated heterocycles. The van der Waals surface area contributed by atoms with Gasteiger partial charge in [-0.05, 0) is 43.9 Å². The third-order valence-corrected chi connectivity index (χ3v) is 5.52. The van der Waals surface area contributed by atoms with Gasteiger partial charge in [0.2, 0.25) is 0 Å². The largest absolute Gasteiger partial charge is 0.450 e. The van der Waals surface area contributed by atoms with Gasteiger partial charge in [-0.2, -0.15) is 0 Å². The van der Waals surface area contributed by atoms with Crippen LogP contribution < -0.4 is 10.6 Å². The van der Waals surface area contributed by atoms with Gasteiger partial charge in [-0.15, -0.1) is 11.3 Å². The van der Waals surface area contributed by atoms with E-state index in [1.54, 1.807) is 31.2 Å². The smallest absolute Gasteiger partial charge is 0.414 e. The van der Waals surface area contributed by atoms with Gasteiger partial charge in [0.15, 0.2) is 0 Å². The normalized spacial score (nSPS) is 12.4. The molecule has 1 aliphatic carbocycles. The monoisotopic (exact) mass is 392 g/mol. The van der Waals surface area contributed by atoms with Crippen LogP contribution in [0.5, 0.6) is 0 Å². The number of imide groups is 1. The molecule has 8 heteroatoms. The molecular formula is C18H17ClN2O4S. The molecule has 1 aliphatic rings. The van der Waals surface area contributed by atoms with E-state index < -0.39 is 17.9 Å². The number of nitrogens with one attached hydrogen (secondary N) is 2. The van der Waals surface area contributed by atoms with Gasteiger partial charge in [0.25, 0.3) is 11.8 Å². The predicted octanol–water partition coefficient (Wildman–Crippen LogP) is 4.03. The highest BCUT2D eigenvalue weighted by molar-refractivity contribution is 7.17. The second kappa shape index (κ2) is 7.88. The number of anilines is 1. The van der Waals surface area contributed by atoms with Crippen molar-refractivity contribution in [3.05, 3.63) is 50.9 Å². The lowest BCUT2D eigenvalue weighted by atomic mass is 10.1. The number of aryl methyl sites for hydroxylation is 1. The van der Waals surface area contributed by atoms with E-state index in [1.165, 1.54) is 11.3 Å². The zero-order valence-corrected chi connectivity index (χ0v) is 15.6. The first-order valence-corrected chi connectivity index (χ1v) is 9.39. The third kappa shape index (κ3) is 3.73. The average Bonchev–Trinajstić information content (AvgIpc) is 3.15. The summed E-state index contributed by atoms with van der Waals surface area (Å²) in [6.07, 6.45) is 1.72. The Balaban J connectivity index is 1.88. The molecule has 26 heavy (non-hydrogen) atoms. The molecular weight excluding hydrogens is 376 g/mol. The first-order chi connectivity index (χ1) is 12.5. The molecule has 0 fully saturated rings. The lowest BCUT2D eigenvalue weighted by molar-refractivity contribution is 0.0925. The number of carbonyl (C=O) groups excluding carboxylic acids is 3. The topological polar surface area (TPSA) is 84.5 Å². The Morgan fingerprint density at radius 2 is 1.96 bits per heavy atom. The highest BCUT2D eigenvalue weighted by Gasteiger charge is 2.29. The SMILES string of the molecule is CCOC(=O)NC(=O)c1c(NC(=O)c2ccccc2Cl)sc2c1CCC2. The number of alkyl carbamates (subject to hydrolysis) is 1. The highest BCUT2D eigenvalue weighted by atomic mass is 35.5. The van der Waals surface area contributed by atoms with Crippen LogP contribution in [0.15, 0.2) is 24.3 Å². The van der Waals surface area contributed by atoms with Gasteiger partial charge in [0, 0.05) is 4.88 Å². The van der Waals surface area contributed by atoms with Crippen LogP contribution in [-0.4, -0.2) is 24.5 Å². The van der Waals surface area contributed by atoms with Crippen molar-refractivity contribution in [2.45, 2.75) is 26.2 Å². The van der Waals surface area contributed by atoms with E-state index >= 15 is 0 Å². The Bertz CT molecular complexity index is 878. The van der Waals surface area contributed by atoms with Gasteiger partial charge in [0.05, 0.1) is 22.8 Å². The maximum atomic E-state index is 12.6. The summed E-state index contributed by atoms with van der Waals surface area (Å²) in [7, 11) is 0. The number of thiophene rings is 1. The number of halogens is 1. The van der Waals surface area contributed by atoms with Crippen molar-refractivity contribution in [3.63, 3.8) is 0 Å². The minimum Gasteiger partial charge on any atom is -0.450 e. The van der Waals surface area contributed by atoms with Crippen molar-refractivity contribution < 1.29 is 19.1 Å². The quantitative estimate of drug-likeness (QED) is 0.822. The average molecular weight is 393 g/mol. The van der Waals surface area contributed by atoms with Gasteiger partial charge in [-0.1, -0.05) is 23.7 Å². The van der Waals surface area contributed by atoms with Crippen LogP contribution in [-0.2, 0) is 17.6 Å². The maximum absolute atomic E-state index is 12.6. The van der Waals surface area contributed by atoms with Gasteiger partial charge in [-0.3, -0.25) is 14.9 Å². The molecule has 136 valence electrons. The third-order valence-electron chi connectivity index (χ3n) is 3.98. The summed E-state index contributed by atoms with van der Waals surface area (Å²) in [6.45, 7) is 1.82. The van der Waals surface area contributed by atoms with E-state index in [-0.39, 0.29) is 6.61 Å². The summed E-state index contributed by atoms with van der Waals surface area (Å²) in [4.78, 5) is 37.8. The van der Waals surface area contributed by atoms with E-state index in [4.69, 9.17) is 16.3 Å². The van der Waals surface area contributed by atoms with E-state index in [2.05, 4.69) is 10.6 Å². The van der Waals surface area contributed by atoms with Crippen molar-refractivity contribution >= 4 is 45.8 Å². The van der Waals surface area contributed by atoms with Crippen LogP contribution in [0.2, 0.25) is 5.02 Å². The molecule has 0 aliphatic heterocycles. The number of benzene rings is 1. The van der Waals surface area contributed by atoms with Gasteiger partial charge in [0.1, 0.15) is 5.00 Å². The van der Waals surface area contributed by atoms with Gasteiger partial charge in [-0.25, -0.2) is 4.79 Å². The molecule has 0 spiro atoms. The summed E-state index contributed by atoms with van der Waals surface area (Å²) >= 11 is 7.43. The van der Waals surface area contributed by atoms with Crippen LogP contribution in [0.1, 0.15) is 44.5 Å². The Morgan fingerprint density at radius 1 is 1.19 bits per heavy atom. The Labute approximate surface area is 159 Å². The molecule has 6 nitrogen and oxygen atoms in total. The van der Waals surface area contributed by atoms with E-state index in [0.29, 0.717) is 21.2 Å². The van der Waals surface area contributed by atoms with E-state index in [0.717, 1.165) is 29.7 Å². The van der Waals surface area contributed by atoms with Crippen molar-refractivity contribution in [3.8, 4) is 0 Å². The lowest BCUT2D eigenvalue weighted by Crippen LogP contribution is -2.32. The van der Waals surface area contributed by atoms with Crippen molar-refractivity contribution in [2.75, 3.05) is 11.9 Å². The van der Waals surface area contributed by atoms with Gasteiger partial charge < -0.3 is 10.1 Å². The second-order valence-electron chi connectivity index (χ2n) is 5.67. The number of hydrogen-bond acceptors (Lipinski definition) is 5. The molecule has 2 N–H and O–H groups in total. The molecule has 0 radical (unpaired) electrons. The molecule has 3 amide bonds. The van der Waals surface area contributed by atoms with Gasteiger partial charge >= 0.3 is 6.09 Å². The summed E-state index contributed by atoms with van der Waals surface area (Å²) in [5, 5.41) is 5.72. The van der Waals surface area contributed by atoms with E-state index in [9.17, 15) is 14.4 Å². The summed E-state index contributed by atoms with van der Waals surface area (Å²) in [5.74, 6) is -0.974. The number of amides is 3. The first kappa shape index (κ1) is 18.4. The lowest BCUT2D eigenvalue weighted by Gasteiger charge is -2.09.